The molecule has 1 aromatic carbocycles. The molecule has 130 valence electrons. The van der Waals surface area contributed by atoms with E-state index in [0.717, 1.165) is 18.6 Å². The van der Waals surface area contributed by atoms with E-state index in [1.165, 1.54) is 6.07 Å². The molecule has 0 radical (unpaired) electrons. The van der Waals surface area contributed by atoms with Gasteiger partial charge in [-0.15, -0.1) is 12.4 Å². The summed E-state index contributed by atoms with van der Waals surface area (Å²) in [5, 5.41) is 0. The first-order valence-electron chi connectivity index (χ1n) is 7.52. The Morgan fingerprint density at radius 1 is 1.43 bits per heavy atom. The van der Waals surface area contributed by atoms with Crippen LogP contribution in [0.3, 0.4) is 0 Å². The van der Waals surface area contributed by atoms with Gasteiger partial charge in [-0.2, -0.15) is 13.2 Å². The third-order valence-electron chi connectivity index (χ3n) is 4.25. The van der Waals surface area contributed by atoms with Gasteiger partial charge in [-0.1, -0.05) is 25.1 Å². The number of nitrogens with zero attached hydrogens (tertiary/aromatic N) is 1. The number of carbonyl (C=O) groups is 1. The summed E-state index contributed by atoms with van der Waals surface area (Å²) in [5.74, 6) is -0.334. The van der Waals surface area contributed by atoms with E-state index in [2.05, 4.69) is 0 Å². The van der Waals surface area contributed by atoms with Crippen molar-refractivity contribution in [3.63, 3.8) is 0 Å². The lowest BCUT2D eigenvalue weighted by molar-refractivity contribution is -0.138. The first-order valence-corrected chi connectivity index (χ1v) is 7.52. The number of nitrogens with two attached hydrogens (primary N) is 1. The highest BCUT2D eigenvalue weighted by Gasteiger charge is 2.33. The predicted molar refractivity (Wildman–Crippen MR) is 85.5 cm³/mol. The molecule has 0 aliphatic carbocycles. The monoisotopic (exact) mass is 350 g/mol. The van der Waals surface area contributed by atoms with Crippen molar-refractivity contribution in [2.24, 2.45) is 11.7 Å². The van der Waals surface area contributed by atoms with Gasteiger partial charge in [0, 0.05) is 13.1 Å². The van der Waals surface area contributed by atoms with Crippen LogP contribution in [0.5, 0.6) is 0 Å². The van der Waals surface area contributed by atoms with Crippen LogP contribution >= 0.6 is 12.4 Å². The summed E-state index contributed by atoms with van der Waals surface area (Å²) in [7, 11) is 0. The van der Waals surface area contributed by atoms with Crippen LogP contribution in [0, 0.1) is 5.92 Å². The third-order valence-corrected chi connectivity index (χ3v) is 4.25. The Morgan fingerprint density at radius 2 is 2.13 bits per heavy atom. The number of carbonyl (C=O) groups excluding carboxylic acids is 1. The van der Waals surface area contributed by atoms with Gasteiger partial charge >= 0.3 is 6.18 Å². The molecule has 1 fully saturated rings. The fraction of sp³-hybridized carbons (Fsp3) is 0.562. The average Bonchev–Trinajstić information content (AvgIpc) is 2.96. The molecule has 1 saturated heterocycles. The fourth-order valence-corrected chi connectivity index (χ4v) is 2.93. The molecule has 2 atom stereocenters. The topological polar surface area (TPSA) is 46.3 Å². The van der Waals surface area contributed by atoms with Gasteiger partial charge in [0.2, 0.25) is 5.91 Å². The molecule has 1 aliphatic rings. The van der Waals surface area contributed by atoms with Crippen molar-refractivity contribution in [3.8, 4) is 0 Å². The van der Waals surface area contributed by atoms with Crippen molar-refractivity contribution in [3.05, 3.63) is 35.4 Å². The number of rotatable bonds is 4. The molecule has 2 rings (SSSR count). The van der Waals surface area contributed by atoms with Gasteiger partial charge in [0.1, 0.15) is 0 Å². The minimum atomic E-state index is -4.39. The highest BCUT2D eigenvalue weighted by molar-refractivity contribution is 5.85. The quantitative estimate of drug-likeness (QED) is 0.904. The molecule has 0 aromatic heterocycles. The molecule has 3 nitrogen and oxygen atoms in total. The molecule has 1 amide bonds. The minimum absolute atomic E-state index is 0. The molecule has 2 N–H and O–H groups in total. The summed E-state index contributed by atoms with van der Waals surface area (Å²) in [5.41, 5.74) is 5.34. The van der Waals surface area contributed by atoms with Crippen LogP contribution in [0.4, 0.5) is 13.2 Å². The van der Waals surface area contributed by atoms with Gasteiger partial charge in [0.05, 0.1) is 11.5 Å². The van der Waals surface area contributed by atoms with Crippen molar-refractivity contribution >= 4 is 18.3 Å². The number of hydrogen-bond donors (Lipinski definition) is 1. The Bertz CT molecular complexity index is 536. The molecule has 1 heterocycles. The molecular formula is C16H22ClF3N2O. The van der Waals surface area contributed by atoms with Crippen molar-refractivity contribution in [1.82, 2.24) is 4.90 Å². The minimum Gasteiger partial charge on any atom is -0.342 e. The van der Waals surface area contributed by atoms with E-state index < -0.39 is 17.7 Å². The van der Waals surface area contributed by atoms with Crippen LogP contribution in [0.15, 0.2) is 24.3 Å². The number of likely N-dealkylation sites (tertiary alicyclic amines) is 1. The first-order chi connectivity index (χ1) is 10.4. The van der Waals surface area contributed by atoms with Gasteiger partial charge in [-0.25, -0.2) is 0 Å². The van der Waals surface area contributed by atoms with Crippen molar-refractivity contribution < 1.29 is 18.0 Å². The maximum absolute atomic E-state index is 12.8. The SMILES string of the molecule is CCC(C(=O)N1CCC(CN)C1)c1cccc(C(F)(F)F)c1.Cl. The Morgan fingerprint density at radius 3 is 2.65 bits per heavy atom. The summed E-state index contributed by atoms with van der Waals surface area (Å²) in [6.07, 6.45) is -3.05. The van der Waals surface area contributed by atoms with Crippen LogP contribution in [0.1, 0.15) is 36.8 Å². The summed E-state index contributed by atoms with van der Waals surface area (Å²) in [6.45, 7) is 3.59. The highest BCUT2D eigenvalue weighted by Crippen LogP contribution is 2.33. The zero-order chi connectivity index (χ0) is 16.3. The Kier molecular flexibility index (Phi) is 6.89. The third kappa shape index (κ3) is 4.61. The van der Waals surface area contributed by atoms with E-state index in [1.54, 1.807) is 11.0 Å². The lowest BCUT2D eigenvalue weighted by atomic mass is 9.93. The zero-order valence-electron chi connectivity index (χ0n) is 13.0. The standard InChI is InChI=1S/C16H21F3N2O.ClH/c1-2-14(15(22)21-7-6-11(9-20)10-21)12-4-3-5-13(8-12)16(17,18)19;/h3-5,8,11,14H,2,6-7,9-10,20H2,1H3;1H. The number of benzene rings is 1. The number of amides is 1. The summed E-state index contributed by atoms with van der Waals surface area (Å²) < 4.78 is 38.5. The van der Waals surface area contributed by atoms with E-state index in [1.807, 2.05) is 6.92 Å². The van der Waals surface area contributed by atoms with Crippen LogP contribution in [-0.4, -0.2) is 30.4 Å². The fourth-order valence-electron chi connectivity index (χ4n) is 2.93. The molecular weight excluding hydrogens is 329 g/mol. The van der Waals surface area contributed by atoms with Gasteiger partial charge in [0.25, 0.3) is 0 Å². The number of halogens is 4. The van der Waals surface area contributed by atoms with Crippen LogP contribution in [0.2, 0.25) is 0 Å². The molecule has 1 aromatic rings. The van der Waals surface area contributed by atoms with E-state index in [4.69, 9.17) is 5.73 Å². The van der Waals surface area contributed by atoms with Crippen molar-refractivity contribution in [1.29, 1.82) is 0 Å². The Labute approximate surface area is 140 Å². The van der Waals surface area contributed by atoms with Gasteiger partial charge in [0.15, 0.2) is 0 Å². The Balaban J connectivity index is 0.00000264. The van der Waals surface area contributed by atoms with Gasteiger partial charge < -0.3 is 10.6 Å². The average molecular weight is 351 g/mol. The van der Waals surface area contributed by atoms with E-state index in [-0.39, 0.29) is 18.3 Å². The Hall–Kier alpha value is -1.27. The van der Waals surface area contributed by atoms with Crippen molar-refractivity contribution in [2.45, 2.75) is 31.9 Å². The first kappa shape index (κ1) is 19.8. The second-order valence-corrected chi connectivity index (χ2v) is 5.76. The van der Waals surface area contributed by atoms with Crippen LogP contribution in [-0.2, 0) is 11.0 Å². The van der Waals surface area contributed by atoms with Crippen molar-refractivity contribution in [2.75, 3.05) is 19.6 Å². The molecule has 23 heavy (non-hydrogen) atoms. The number of hydrogen-bond acceptors (Lipinski definition) is 2. The lowest BCUT2D eigenvalue weighted by Gasteiger charge is -2.23. The number of alkyl halides is 3. The maximum Gasteiger partial charge on any atom is 0.416 e. The van der Waals surface area contributed by atoms with E-state index in [0.29, 0.717) is 37.5 Å². The summed E-state index contributed by atoms with van der Waals surface area (Å²) in [6, 6.07) is 5.07. The predicted octanol–water partition coefficient (Wildman–Crippen LogP) is 3.43. The molecule has 0 saturated carbocycles. The van der Waals surface area contributed by atoms with E-state index in [9.17, 15) is 18.0 Å². The molecule has 0 bridgehead atoms. The molecule has 1 aliphatic heterocycles. The van der Waals surface area contributed by atoms with E-state index >= 15 is 0 Å². The second kappa shape index (κ2) is 8.02. The summed E-state index contributed by atoms with van der Waals surface area (Å²) >= 11 is 0. The maximum atomic E-state index is 12.8. The van der Waals surface area contributed by atoms with Gasteiger partial charge in [-0.3, -0.25) is 4.79 Å². The lowest BCUT2D eigenvalue weighted by Crippen LogP contribution is -2.34. The van der Waals surface area contributed by atoms with Crippen LogP contribution in [0.25, 0.3) is 0 Å². The molecule has 0 spiro atoms. The second-order valence-electron chi connectivity index (χ2n) is 5.76. The van der Waals surface area contributed by atoms with Crippen LogP contribution < -0.4 is 5.73 Å². The molecule has 7 heteroatoms. The largest absolute Gasteiger partial charge is 0.416 e. The highest BCUT2D eigenvalue weighted by atomic mass is 35.5. The normalized spacial score (nSPS) is 19.3. The smallest absolute Gasteiger partial charge is 0.342 e. The zero-order valence-corrected chi connectivity index (χ0v) is 13.8. The molecule has 2 unspecified atom stereocenters. The summed E-state index contributed by atoms with van der Waals surface area (Å²) in [4.78, 5) is 14.3. The van der Waals surface area contributed by atoms with Gasteiger partial charge in [-0.05, 0) is 36.9 Å².